The fraction of sp³-hybridized carbons (Fsp3) is 0.286. The molecule has 0 saturated heterocycles. The summed E-state index contributed by atoms with van der Waals surface area (Å²) in [5.74, 6) is -2.17. The van der Waals surface area contributed by atoms with Gasteiger partial charge in [0.25, 0.3) is 5.91 Å². The van der Waals surface area contributed by atoms with Crippen molar-refractivity contribution in [2.75, 3.05) is 18.5 Å². The van der Waals surface area contributed by atoms with E-state index >= 15 is 0 Å². The first-order valence-corrected chi connectivity index (χ1v) is 8.95. The maximum absolute atomic E-state index is 13.5. The van der Waals surface area contributed by atoms with Crippen molar-refractivity contribution in [3.8, 4) is 0 Å². The molecule has 0 atom stereocenters. The van der Waals surface area contributed by atoms with Crippen molar-refractivity contribution >= 4 is 23.5 Å². The Morgan fingerprint density at radius 3 is 2.39 bits per heavy atom. The van der Waals surface area contributed by atoms with Crippen LogP contribution < -0.4 is 5.32 Å². The molecule has 2 rings (SSSR count). The molecule has 0 aliphatic carbocycles. The molecule has 0 unspecified atom stereocenters. The molecule has 0 saturated carbocycles. The lowest BCUT2D eigenvalue weighted by molar-refractivity contribution is -0.146. The predicted octanol–water partition coefficient (Wildman–Crippen LogP) is 3.51. The number of hydrogen-bond donors (Lipinski definition) is 1. The normalized spacial score (nSPS) is 10.2. The number of amides is 1. The fourth-order valence-corrected chi connectivity index (χ4v) is 2.27. The van der Waals surface area contributed by atoms with Crippen LogP contribution in [0.1, 0.15) is 35.7 Å². The molecule has 7 heteroatoms. The number of rotatable bonds is 9. The highest BCUT2D eigenvalue weighted by molar-refractivity contribution is 5.94. The summed E-state index contributed by atoms with van der Waals surface area (Å²) in [5.41, 5.74) is 1.03. The molecule has 148 valence electrons. The van der Waals surface area contributed by atoms with E-state index in [-0.39, 0.29) is 12.0 Å². The molecule has 0 bridgehead atoms. The van der Waals surface area contributed by atoms with Crippen LogP contribution in [0, 0.1) is 5.82 Å². The fourth-order valence-electron chi connectivity index (χ4n) is 2.27. The van der Waals surface area contributed by atoms with E-state index in [9.17, 15) is 18.8 Å². The van der Waals surface area contributed by atoms with Crippen molar-refractivity contribution in [2.24, 2.45) is 0 Å². The molecule has 2 aromatic rings. The van der Waals surface area contributed by atoms with Gasteiger partial charge in [0.05, 0.1) is 18.6 Å². The number of ether oxygens (including phenoxy) is 2. The topological polar surface area (TPSA) is 81.7 Å². The second kappa shape index (κ2) is 10.8. The molecule has 0 aliphatic heterocycles. The monoisotopic (exact) mass is 387 g/mol. The first-order chi connectivity index (χ1) is 13.5. The minimum absolute atomic E-state index is 0.203. The summed E-state index contributed by atoms with van der Waals surface area (Å²) in [6.45, 7) is 1.88. The summed E-state index contributed by atoms with van der Waals surface area (Å²) in [4.78, 5) is 35.4. The van der Waals surface area contributed by atoms with Crippen LogP contribution in [0.5, 0.6) is 0 Å². The lowest BCUT2D eigenvalue weighted by atomic mass is 10.1. The van der Waals surface area contributed by atoms with Crippen LogP contribution in [-0.2, 0) is 25.5 Å². The molecule has 6 nitrogen and oxygen atoms in total. The lowest BCUT2D eigenvalue weighted by Gasteiger charge is -2.08. The smallest absolute Gasteiger partial charge is 0.338 e. The van der Waals surface area contributed by atoms with Crippen LogP contribution in [0.3, 0.4) is 0 Å². The van der Waals surface area contributed by atoms with Gasteiger partial charge in [-0.1, -0.05) is 31.5 Å². The minimum atomic E-state index is -0.703. The van der Waals surface area contributed by atoms with E-state index in [0.717, 1.165) is 12.8 Å². The number of anilines is 1. The van der Waals surface area contributed by atoms with E-state index < -0.39 is 30.3 Å². The number of halogens is 1. The maximum Gasteiger partial charge on any atom is 0.338 e. The average molecular weight is 387 g/mol. The lowest BCUT2D eigenvalue weighted by Crippen LogP contribution is -2.21. The van der Waals surface area contributed by atoms with Gasteiger partial charge in [-0.2, -0.15) is 0 Å². The van der Waals surface area contributed by atoms with Gasteiger partial charge in [-0.05, 0) is 42.3 Å². The quantitative estimate of drug-likeness (QED) is 0.526. The Morgan fingerprint density at radius 2 is 1.71 bits per heavy atom. The van der Waals surface area contributed by atoms with Crippen molar-refractivity contribution in [3.05, 3.63) is 65.5 Å². The van der Waals surface area contributed by atoms with Gasteiger partial charge in [0.2, 0.25) is 0 Å². The minimum Gasteiger partial charge on any atom is -0.462 e. The highest BCUT2D eigenvalue weighted by Crippen LogP contribution is 2.11. The number of hydrogen-bond acceptors (Lipinski definition) is 5. The Kier molecular flexibility index (Phi) is 8.14. The number of esters is 2. The molecule has 2 aromatic carbocycles. The molecular weight excluding hydrogens is 365 g/mol. The molecule has 0 aliphatic rings. The number of benzene rings is 2. The SMILES string of the molecule is CCCCOC(=O)c1ccc(NC(=O)COC(=O)Cc2ccccc2F)cc1. The van der Waals surface area contributed by atoms with Gasteiger partial charge in [0.15, 0.2) is 6.61 Å². The van der Waals surface area contributed by atoms with Crippen LogP contribution in [0.25, 0.3) is 0 Å². The summed E-state index contributed by atoms with van der Waals surface area (Å²) in [7, 11) is 0. The van der Waals surface area contributed by atoms with Gasteiger partial charge in [0, 0.05) is 5.69 Å². The molecule has 0 aromatic heterocycles. The van der Waals surface area contributed by atoms with E-state index in [1.807, 2.05) is 6.92 Å². The molecular formula is C21H22FNO5. The van der Waals surface area contributed by atoms with Gasteiger partial charge < -0.3 is 14.8 Å². The van der Waals surface area contributed by atoms with Gasteiger partial charge in [-0.25, -0.2) is 9.18 Å². The third kappa shape index (κ3) is 6.83. The van der Waals surface area contributed by atoms with Crippen molar-refractivity contribution in [1.82, 2.24) is 0 Å². The largest absolute Gasteiger partial charge is 0.462 e. The van der Waals surface area contributed by atoms with Gasteiger partial charge in [0.1, 0.15) is 5.82 Å². The van der Waals surface area contributed by atoms with Crippen molar-refractivity contribution in [1.29, 1.82) is 0 Å². The van der Waals surface area contributed by atoms with Crippen LogP contribution in [0.4, 0.5) is 10.1 Å². The summed E-state index contributed by atoms with van der Waals surface area (Å²) < 4.78 is 23.5. The Hall–Kier alpha value is -3.22. The first kappa shape index (κ1) is 21.1. The molecule has 0 heterocycles. The Morgan fingerprint density at radius 1 is 1.00 bits per heavy atom. The van der Waals surface area contributed by atoms with Gasteiger partial charge in [-0.3, -0.25) is 9.59 Å². The first-order valence-electron chi connectivity index (χ1n) is 8.95. The molecule has 0 fully saturated rings. The van der Waals surface area contributed by atoms with E-state index in [2.05, 4.69) is 5.32 Å². The zero-order chi connectivity index (χ0) is 20.4. The Bertz CT molecular complexity index is 820. The Balaban J connectivity index is 1.77. The maximum atomic E-state index is 13.5. The molecule has 28 heavy (non-hydrogen) atoms. The van der Waals surface area contributed by atoms with Crippen LogP contribution >= 0.6 is 0 Å². The summed E-state index contributed by atoms with van der Waals surface area (Å²) in [6, 6.07) is 12.0. The number of carbonyl (C=O) groups excluding carboxylic acids is 3. The van der Waals surface area contributed by atoms with Crippen molar-refractivity contribution in [2.45, 2.75) is 26.2 Å². The molecule has 0 spiro atoms. The highest BCUT2D eigenvalue weighted by atomic mass is 19.1. The van der Waals surface area contributed by atoms with Crippen LogP contribution in [-0.4, -0.2) is 31.1 Å². The second-order valence-electron chi connectivity index (χ2n) is 6.04. The second-order valence-corrected chi connectivity index (χ2v) is 6.04. The number of nitrogens with one attached hydrogen (secondary N) is 1. The van der Waals surface area contributed by atoms with E-state index in [0.29, 0.717) is 17.9 Å². The third-order valence-electron chi connectivity index (χ3n) is 3.79. The Labute approximate surface area is 162 Å². The zero-order valence-corrected chi connectivity index (χ0v) is 15.6. The van der Waals surface area contributed by atoms with Crippen LogP contribution in [0.15, 0.2) is 48.5 Å². The van der Waals surface area contributed by atoms with Crippen LogP contribution in [0.2, 0.25) is 0 Å². The number of carbonyl (C=O) groups is 3. The molecule has 0 radical (unpaired) electrons. The van der Waals surface area contributed by atoms with Crippen molar-refractivity contribution < 1.29 is 28.2 Å². The van der Waals surface area contributed by atoms with Gasteiger partial charge in [-0.15, -0.1) is 0 Å². The standard InChI is InChI=1S/C21H22FNO5/c1-2-3-12-27-21(26)15-8-10-17(11-9-15)23-19(24)14-28-20(25)13-16-6-4-5-7-18(16)22/h4-11H,2-3,12-14H2,1H3,(H,23,24). The number of unbranched alkanes of at least 4 members (excludes halogenated alkanes) is 1. The zero-order valence-electron chi connectivity index (χ0n) is 15.6. The third-order valence-corrected chi connectivity index (χ3v) is 3.79. The van der Waals surface area contributed by atoms with E-state index in [1.54, 1.807) is 18.2 Å². The van der Waals surface area contributed by atoms with E-state index in [4.69, 9.17) is 9.47 Å². The van der Waals surface area contributed by atoms with E-state index in [1.165, 1.54) is 30.3 Å². The van der Waals surface area contributed by atoms with Gasteiger partial charge >= 0.3 is 11.9 Å². The summed E-state index contributed by atoms with van der Waals surface area (Å²) >= 11 is 0. The summed E-state index contributed by atoms with van der Waals surface area (Å²) in [6.07, 6.45) is 1.48. The highest BCUT2D eigenvalue weighted by Gasteiger charge is 2.12. The molecule has 1 amide bonds. The predicted molar refractivity (Wildman–Crippen MR) is 101 cm³/mol. The summed E-state index contributed by atoms with van der Waals surface area (Å²) in [5, 5.41) is 2.55. The average Bonchev–Trinajstić information content (AvgIpc) is 2.69. The molecule has 1 N–H and O–H groups in total. The van der Waals surface area contributed by atoms with Crippen molar-refractivity contribution in [3.63, 3.8) is 0 Å².